The van der Waals surface area contributed by atoms with Crippen molar-refractivity contribution in [2.24, 2.45) is 5.73 Å². The molecule has 14 heavy (non-hydrogen) atoms. The molecule has 0 radical (unpaired) electrons. The lowest BCUT2D eigenvalue weighted by atomic mass is 10.2. The molecule has 1 heterocycles. The Labute approximate surface area is 83.5 Å². The van der Waals surface area contributed by atoms with E-state index in [4.69, 9.17) is 5.73 Å². The molecule has 4 nitrogen and oxygen atoms in total. The average Bonchev–Trinajstić information content (AvgIpc) is 2.07. The van der Waals surface area contributed by atoms with E-state index in [1.165, 1.54) is 0 Å². The zero-order chi connectivity index (χ0) is 10.6. The zero-order valence-corrected chi connectivity index (χ0v) is 8.45. The number of aromatic nitrogens is 1. The molecule has 0 fully saturated rings. The molecular weight excluding hydrogens is 178 g/mol. The number of carbonyl (C=O) groups is 1. The van der Waals surface area contributed by atoms with E-state index in [1.807, 2.05) is 19.9 Å². The summed E-state index contributed by atoms with van der Waals surface area (Å²) < 4.78 is 0. The summed E-state index contributed by atoms with van der Waals surface area (Å²) in [5.74, 6) is -0.295. The van der Waals surface area contributed by atoms with Gasteiger partial charge in [0.05, 0.1) is 0 Å². The first-order valence-corrected chi connectivity index (χ1v) is 4.55. The quantitative estimate of drug-likeness (QED) is 0.751. The molecule has 0 bridgehead atoms. The van der Waals surface area contributed by atoms with Crippen LogP contribution in [0.25, 0.3) is 0 Å². The van der Waals surface area contributed by atoms with Crippen LogP contribution in [-0.4, -0.2) is 16.9 Å². The van der Waals surface area contributed by atoms with Crippen molar-refractivity contribution in [3.8, 4) is 0 Å². The van der Waals surface area contributed by atoms with E-state index in [-0.39, 0.29) is 11.9 Å². The number of pyridine rings is 1. The molecule has 0 aliphatic rings. The largest absolute Gasteiger partial charge is 0.382 e. The van der Waals surface area contributed by atoms with Crippen molar-refractivity contribution >= 4 is 11.6 Å². The number of anilines is 1. The summed E-state index contributed by atoms with van der Waals surface area (Å²) in [4.78, 5) is 14.6. The fourth-order valence-electron chi connectivity index (χ4n) is 1.25. The number of hydrogen-bond acceptors (Lipinski definition) is 3. The molecule has 3 N–H and O–H groups in total. The third-order valence-electron chi connectivity index (χ3n) is 1.93. The highest BCUT2D eigenvalue weighted by molar-refractivity contribution is 5.75. The van der Waals surface area contributed by atoms with Gasteiger partial charge in [0.25, 0.3) is 0 Å². The van der Waals surface area contributed by atoms with Gasteiger partial charge in [-0.25, -0.2) is 0 Å². The molecular formula is C10H15N3O. The van der Waals surface area contributed by atoms with Crippen LogP contribution in [-0.2, 0) is 4.79 Å². The first kappa shape index (κ1) is 10.5. The lowest BCUT2D eigenvalue weighted by Gasteiger charge is -2.14. The van der Waals surface area contributed by atoms with E-state index in [0.717, 1.165) is 11.3 Å². The fraction of sp³-hybridized carbons (Fsp3) is 0.400. The van der Waals surface area contributed by atoms with Crippen molar-refractivity contribution in [2.45, 2.75) is 26.3 Å². The van der Waals surface area contributed by atoms with Crippen molar-refractivity contribution < 1.29 is 4.79 Å². The SMILES string of the molecule is Cc1cnccc1NC(C)CC(N)=O. The standard InChI is InChI=1S/C10H15N3O/c1-7-6-12-4-3-9(7)13-8(2)5-10(11)14/h3-4,6,8H,5H2,1-2H3,(H2,11,14)(H,12,13). The summed E-state index contributed by atoms with van der Waals surface area (Å²) in [7, 11) is 0. The highest BCUT2D eigenvalue weighted by Gasteiger charge is 2.06. The van der Waals surface area contributed by atoms with Gasteiger partial charge in [-0.15, -0.1) is 0 Å². The van der Waals surface area contributed by atoms with Crippen molar-refractivity contribution in [1.82, 2.24) is 4.98 Å². The molecule has 0 saturated carbocycles. The van der Waals surface area contributed by atoms with Gasteiger partial charge in [-0.3, -0.25) is 9.78 Å². The molecule has 0 spiro atoms. The second kappa shape index (κ2) is 4.60. The Kier molecular flexibility index (Phi) is 3.45. The van der Waals surface area contributed by atoms with Gasteiger partial charge in [0.1, 0.15) is 0 Å². The topological polar surface area (TPSA) is 68.0 Å². The Balaban J connectivity index is 2.60. The van der Waals surface area contributed by atoms with Crippen LogP contribution >= 0.6 is 0 Å². The number of nitrogens with two attached hydrogens (primary N) is 1. The Bertz CT molecular complexity index is 325. The van der Waals surface area contributed by atoms with Crippen LogP contribution in [0.15, 0.2) is 18.5 Å². The second-order valence-electron chi connectivity index (χ2n) is 3.41. The molecule has 1 amide bonds. The summed E-state index contributed by atoms with van der Waals surface area (Å²) in [6.45, 7) is 3.89. The molecule has 4 heteroatoms. The van der Waals surface area contributed by atoms with Crippen LogP contribution in [0.1, 0.15) is 18.9 Å². The van der Waals surface area contributed by atoms with E-state index in [2.05, 4.69) is 10.3 Å². The molecule has 1 aromatic heterocycles. The van der Waals surface area contributed by atoms with Gasteiger partial charge >= 0.3 is 0 Å². The summed E-state index contributed by atoms with van der Waals surface area (Å²) in [5.41, 5.74) is 7.15. The fourth-order valence-corrected chi connectivity index (χ4v) is 1.25. The number of carbonyl (C=O) groups excluding carboxylic acids is 1. The highest BCUT2D eigenvalue weighted by Crippen LogP contribution is 2.13. The second-order valence-corrected chi connectivity index (χ2v) is 3.41. The predicted molar refractivity (Wildman–Crippen MR) is 55.9 cm³/mol. The van der Waals surface area contributed by atoms with Gasteiger partial charge in [0, 0.05) is 30.5 Å². The minimum absolute atomic E-state index is 0.0496. The van der Waals surface area contributed by atoms with Crippen LogP contribution < -0.4 is 11.1 Å². The number of amides is 1. The number of primary amides is 1. The van der Waals surface area contributed by atoms with E-state index < -0.39 is 0 Å². The van der Waals surface area contributed by atoms with Crippen LogP contribution in [0.2, 0.25) is 0 Å². The van der Waals surface area contributed by atoms with Gasteiger partial charge in [0.15, 0.2) is 0 Å². The molecule has 1 rings (SSSR count). The normalized spacial score (nSPS) is 12.1. The molecule has 0 saturated heterocycles. The van der Waals surface area contributed by atoms with Crippen LogP contribution in [0.5, 0.6) is 0 Å². The molecule has 1 atom stereocenters. The molecule has 1 unspecified atom stereocenters. The molecule has 76 valence electrons. The zero-order valence-electron chi connectivity index (χ0n) is 8.45. The highest BCUT2D eigenvalue weighted by atomic mass is 16.1. The maximum Gasteiger partial charge on any atom is 0.219 e. The smallest absolute Gasteiger partial charge is 0.219 e. The number of nitrogens with zero attached hydrogens (tertiary/aromatic N) is 1. The summed E-state index contributed by atoms with van der Waals surface area (Å²) in [5, 5.41) is 3.20. The Morgan fingerprint density at radius 1 is 1.71 bits per heavy atom. The Morgan fingerprint density at radius 3 is 3.00 bits per heavy atom. The van der Waals surface area contributed by atoms with Crippen LogP contribution in [0, 0.1) is 6.92 Å². The minimum atomic E-state index is -0.295. The average molecular weight is 193 g/mol. The number of nitrogens with one attached hydrogen (secondary N) is 1. The number of rotatable bonds is 4. The third kappa shape index (κ3) is 3.05. The van der Waals surface area contributed by atoms with Crippen molar-refractivity contribution in [2.75, 3.05) is 5.32 Å². The predicted octanol–water partition coefficient (Wildman–Crippen LogP) is 1.07. The van der Waals surface area contributed by atoms with Gasteiger partial charge in [-0.05, 0) is 25.5 Å². The van der Waals surface area contributed by atoms with E-state index in [9.17, 15) is 4.79 Å². The van der Waals surface area contributed by atoms with Gasteiger partial charge in [-0.2, -0.15) is 0 Å². The summed E-state index contributed by atoms with van der Waals surface area (Å²) >= 11 is 0. The summed E-state index contributed by atoms with van der Waals surface area (Å²) in [6, 6.07) is 1.93. The molecule has 0 aliphatic heterocycles. The van der Waals surface area contributed by atoms with E-state index in [1.54, 1.807) is 12.4 Å². The van der Waals surface area contributed by atoms with Gasteiger partial charge in [0.2, 0.25) is 5.91 Å². The lowest BCUT2D eigenvalue weighted by molar-refractivity contribution is -0.118. The molecule has 0 aliphatic carbocycles. The van der Waals surface area contributed by atoms with Gasteiger partial charge in [-0.1, -0.05) is 0 Å². The van der Waals surface area contributed by atoms with Crippen LogP contribution in [0.3, 0.4) is 0 Å². The molecule has 0 aromatic carbocycles. The maximum absolute atomic E-state index is 10.7. The summed E-state index contributed by atoms with van der Waals surface area (Å²) in [6.07, 6.45) is 3.83. The Hall–Kier alpha value is -1.58. The lowest BCUT2D eigenvalue weighted by Crippen LogP contribution is -2.24. The third-order valence-corrected chi connectivity index (χ3v) is 1.93. The van der Waals surface area contributed by atoms with E-state index in [0.29, 0.717) is 6.42 Å². The van der Waals surface area contributed by atoms with Crippen molar-refractivity contribution in [3.05, 3.63) is 24.0 Å². The first-order valence-electron chi connectivity index (χ1n) is 4.55. The monoisotopic (exact) mass is 193 g/mol. The molecule has 1 aromatic rings. The van der Waals surface area contributed by atoms with Crippen molar-refractivity contribution in [1.29, 1.82) is 0 Å². The number of aryl methyl sites for hydroxylation is 1. The Morgan fingerprint density at radius 2 is 2.43 bits per heavy atom. The van der Waals surface area contributed by atoms with Gasteiger partial charge < -0.3 is 11.1 Å². The van der Waals surface area contributed by atoms with Crippen LogP contribution in [0.4, 0.5) is 5.69 Å². The maximum atomic E-state index is 10.7. The first-order chi connectivity index (χ1) is 6.59. The number of hydrogen-bond donors (Lipinski definition) is 2. The van der Waals surface area contributed by atoms with Crippen molar-refractivity contribution in [3.63, 3.8) is 0 Å². The van der Waals surface area contributed by atoms with E-state index >= 15 is 0 Å². The minimum Gasteiger partial charge on any atom is -0.382 e.